The Morgan fingerprint density at radius 3 is 1.59 bits per heavy atom. The molecule has 0 bridgehead atoms. The fourth-order valence-corrected chi connectivity index (χ4v) is 8.50. The fourth-order valence-electron chi connectivity index (χ4n) is 8.50. The van der Waals surface area contributed by atoms with Crippen LogP contribution in [0.2, 0.25) is 0 Å². The Morgan fingerprint density at radius 2 is 0.804 bits per heavy atom. The molecule has 0 aliphatic heterocycles. The molecule has 3 heterocycles. The van der Waals surface area contributed by atoms with Crippen LogP contribution in [0.5, 0.6) is 0 Å². The van der Waals surface area contributed by atoms with Crippen LogP contribution in [-0.4, -0.2) is 15.0 Å². The van der Waals surface area contributed by atoms with Crippen LogP contribution in [0.1, 0.15) is 0 Å². The van der Waals surface area contributed by atoms with Crippen molar-refractivity contribution in [2.24, 2.45) is 0 Å². The van der Waals surface area contributed by atoms with E-state index in [0.717, 1.165) is 71.7 Å². The van der Waals surface area contributed by atoms with E-state index in [1.165, 1.54) is 32.3 Å². The van der Waals surface area contributed by atoms with Gasteiger partial charge < -0.3 is 8.83 Å². The van der Waals surface area contributed by atoms with Crippen molar-refractivity contribution in [3.63, 3.8) is 0 Å². The van der Waals surface area contributed by atoms with Crippen LogP contribution in [0.3, 0.4) is 0 Å². The summed E-state index contributed by atoms with van der Waals surface area (Å²) in [6, 6.07) is 61.2. The zero-order chi connectivity index (χ0) is 36.7. The summed E-state index contributed by atoms with van der Waals surface area (Å²) < 4.78 is 12.7. The molecule has 3 aromatic heterocycles. The van der Waals surface area contributed by atoms with E-state index in [2.05, 4.69) is 109 Å². The predicted octanol–water partition coefficient (Wildman–Crippen LogP) is 13.8. The van der Waals surface area contributed by atoms with Gasteiger partial charge in [0, 0.05) is 44.3 Å². The molecular formula is C51H29N3O2. The van der Waals surface area contributed by atoms with Crippen LogP contribution in [0.4, 0.5) is 0 Å². The van der Waals surface area contributed by atoms with Crippen molar-refractivity contribution in [2.45, 2.75) is 0 Å². The highest BCUT2D eigenvalue weighted by molar-refractivity contribution is 6.26. The van der Waals surface area contributed by atoms with E-state index < -0.39 is 0 Å². The molecule has 260 valence electrons. The minimum Gasteiger partial charge on any atom is -0.456 e. The van der Waals surface area contributed by atoms with E-state index in [1.807, 2.05) is 66.7 Å². The summed E-state index contributed by atoms with van der Waals surface area (Å²) in [6.07, 6.45) is 0. The number of benzene rings is 9. The molecule has 0 atom stereocenters. The molecule has 12 rings (SSSR count). The first-order valence-corrected chi connectivity index (χ1v) is 18.8. The van der Waals surface area contributed by atoms with Gasteiger partial charge >= 0.3 is 0 Å². The Balaban J connectivity index is 1.05. The average molecular weight is 716 g/mol. The van der Waals surface area contributed by atoms with Crippen molar-refractivity contribution >= 4 is 76.2 Å². The first kappa shape index (κ1) is 30.8. The van der Waals surface area contributed by atoms with Crippen LogP contribution in [0.25, 0.3) is 121 Å². The van der Waals surface area contributed by atoms with Gasteiger partial charge in [0.05, 0.1) is 0 Å². The number of hydrogen-bond acceptors (Lipinski definition) is 5. The summed E-state index contributed by atoms with van der Waals surface area (Å²) in [5, 5.41) is 11.6. The molecule has 0 spiro atoms. The molecule has 0 N–H and O–H groups in total. The lowest BCUT2D eigenvalue weighted by Gasteiger charge is -2.13. The third-order valence-corrected chi connectivity index (χ3v) is 11.1. The van der Waals surface area contributed by atoms with Crippen LogP contribution in [-0.2, 0) is 0 Å². The first-order chi connectivity index (χ1) is 27.7. The summed E-state index contributed by atoms with van der Waals surface area (Å²) in [5.74, 6) is 1.78. The molecule has 5 nitrogen and oxygen atoms in total. The molecule has 0 amide bonds. The minimum atomic E-state index is 0.578. The molecule has 12 aromatic rings. The first-order valence-electron chi connectivity index (χ1n) is 18.8. The molecule has 9 aromatic carbocycles. The molecular weight excluding hydrogens is 687 g/mol. The van der Waals surface area contributed by atoms with Gasteiger partial charge in [-0.25, -0.2) is 15.0 Å². The van der Waals surface area contributed by atoms with Crippen molar-refractivity contribution in [3.8, 4) is 45.3 Å². The second kappa shape index (κ2) is 11.9. The summed E-state index contributed by atoms with van der Waals surface area (Å²) in [6.45, 7) is 0. The monoisotopic (exact) mass is 715 g/mol. The maximum atomic E-state index is 6.46. The van der Waals surface area contributed by atoms with Gasteiger partial charge in [0.1, 0.15) is 22.3 Å². The van der Waals surface area contributed by atoms with E-state index in [-0.39, 0.29) is 0 Å². The highest BCUT2D eigenvalue weighted by atomic mass is 16.3. The van der Waals surface area contributed by atoms with Crippen molar-refractivity contribution in [2.75, 3.05) is 0 Å². The Labute approximate surface area is 320 Å². The predicted molar refractivity (Wildman–Crippen MR) is 229 cm³/mol. The van der Waals surface area contributed by atoms with E-state index >= 15 is 0 Å². The van der Waals surface area contributed by atoms with E-state index in [9.17, 15) is 0 Å². The van der Waals surface area contributed by atoms with Crippen LogP contribution < -0.4 is 0 Å². The lowest BCUT2D eigenvalue weighted by atomic mass is 9.92. The van der Waals surface area contributed by atoms with Gasteiger partial charge in [0.15, 0.2) is 17.5 Å². The molecule has 5 heteroatoms. The van der Waals surface area contributed by atoms with Gasteiger partial charge in [-0.15, -0.1) is 0 Å². The molecule has 56 heavy (non-hydrogen) atoms. The summed E-state index contributed by atoms with van der Waals surface area (Å²) in [4.78, 5) is 15.4. The molecule has 0 aliphatic carbocycles. The molecule has 0 unspecified atom stereocenters. The average Bonchev–Trinajstić information content (AvgIpc) is 3.83. The van der Waals surface area contributed by atoms with Crippen molar-refractivity contribution < 1.29 is 8.83 Å². The largest absolute Gasteiger partial charge is 0.456 e. The molecule has 0 aliphatic rings. The second-order valence-corrected chi connectivity index (χ2v) is 14.3. The van der Waals surface area contributed by atoms with Crippen LogP contribution in [0.15, 0.2) is 185 Å². The maximum absolute atomic E-state index is 6.46. The summed E-state index contributed by atoms with van der Waals surface area (Å²) >= 11 is 0. The van der Waals surface area contributed by atoms with E-state index in [4.69, 9.17) is 23.8 Å². The third-order valence-electron chi connectivity index (χ3n) is 11.1. The van der Waals surface area contributed by atoms with Gasteiger partial charge in [-0.2, -0.15) is 0 Å². The highest BCUT2D eigenvalue weighted by Crippen LogP contribution is 2.41. The Hall–Kier alpha value is -7.63. The number of aromatic nitrogens is 3. The number of hydrogen-bond donors (Lipinski definition) is 0. The van der Waals surface area contributed by atoms with Crippen LogP contribution in [0, 0.1) is 0 Å². The van der Waals surface area contributed by atoms with E-state index in [0.29, 0.717) is 17.5 Å². The number of para-hydroxylation sites is 1. The smallest absolute Gasteiger partial charge is 0.164 e. The van der Waals surface area contributed by atoms with Gasteiger partial charge in [-0.3, -0.25) is 0 Å². The maximum Gasteiger partial charge on any atom is 0.164 e. The van der Waals surface area contributed by atoms with Crippen molar-refractivity contribution in [1.29, 1.82) is 0 Å². The zero-order valence-corrected chi connectivity index (χ0v) is 29.9. The number of fused-ring (bicyclic) bond motifs is 12. The normalized spacial score (nSPS) is 11.9. The molecule has 0 radical (unpaired) electrons. The van der Waals surface area contributed by atoms with Gasteiger partial charge in [-0.05, 0) is 73.8 Å². The molecule has 0 fully saturated rings. The minimum absolute atomic E-state index is 0.578. The number of rotatable bonds is 4. The van der Waals surface area contributed by atoms with Gasteiger partial charge in [-0.1, -0.05) is 140 Å². The lowest BCUT2D eigenvalue weighted by molar-refractivity contribution is 0.656. The fraction of sp³-hybridized carbons (Fsp3) is 0. The number of nitrogens with zero attached hydrogens (tertiary/aromatic N) is 3. The number of furan rings is 2. The molecule has 0 saturated carbocycles. The lowest BCUT2D eigenvalue weighted by Crippen LogP contribution is -2.00. The Kier molecular flexibility index (Phi) is 6.56. The van der Waals surface area contributed by atoms with Gasteiger partial charge in [0.25, 0.3) is 0 Å². The third kappa shape index (κ3) is 4.71. The van der Waals surface area contributed by atoms with Crippen LogP contribution >= 0.6 is 0 Å². The SMILES string of the molecule is c1ccc(-c2nc(-c3cccc(-c4ccc5c6ccccc6c6ccccc6c5c4)c3)nc(-c3cccc4oc5cc6oc7ccccc7c6cc5c34)n2)cc1. The quantitative estimate of drug-likeness (QED) is 0.170. The van der Waals surface area contributed by atoms with Gasteiger partial charge in [0.2, 0.25) is 0 Å². The van der Waals surface area contributed by atoms with Crippen molar-refractivity contribution in [3.05, 3.63) is 176 Å². The zero-order valence-electron chi connectivity index (χ0n) is 29.9. The second-order valence-electron chi connectivity index (χ2n) is 14.3. The summed E-state index contributed by atoms with van der Waals surface area (Å²) in [7, 11) is 0. The Morgan fingerprint density at radius 1 is 0.268 bits per heavy atom. The standard InChI is InChI=1S/C51H29N3O2/c1-2-12-30(13-3-1)49-52-50(33-15-10-14-31(26-33)32-24-25-38-36-18-5-4-16-34(36)35-17-6-7-19-37(35)41(38)27-32)54-51(53-49)40-21-11-23-45-48(40)43-28-42-39-20-8-9-22-44(39)55-46(42)29-47(43)56-45/h1-29H. The highest BCUT2D eigenvalue weighted by Gasteiger charge is 2.20. The Bertz CT molecular complexity index is 3510. The van der Waals surface area contributed by atoms with E-state index in [1.54, 1.807) is 0 Å². The summed E-state index contributed by atoms with van der Waals surface area (Å²) in [5.41, 5.74) is 8.06. The van der Waals surface area contributed by atoms with Crippen molar-refractivity contribution in [1.82, 2.24) is 15.0 Å². The topological polar surface area (TPSA) is 65.0 Å². The molecule has 0 saturated heterocycles.